The van der Waals surface area contributed by atoms with Gasteiger partial charge in [0.05, 0.1) is 19.2 Å². The maximum Gasteiger partial charge on any atom is 0.209 e. The summed E-state index contributed by atoms with van der Waals surface area (Å²) in [6.45, 7) is 0.385. The highest BCUT2D eigenvalue weighted by molar-refractivity contribution is 7.99. The van der Waals surface area contributed by atoms with Gasteiger partial charge < -0.3 is 10.8 Å². The molecule has 0 bridgehead atoms. The summed E-state index contributed by atoms with van der Waals surface area (Å²) >= 11 is 5.95. The van der Waals surface area contributed by atoms with E-state index < -0.39 is 0 Å². The van der Waals surface area contributed by atoms with Gasteiger partial charge in [0, 0.05) is 11.1 Å². The van der Waals surface area contributed by atoms with Gasteiger partial charge in [0.15, 0.2) is 0 Å². The van der Waals surface area contributed by atoms with E-state index in [-0.39, 0.29) is 12.6 Å². The average molecular weight is 232 g/mol. The summed E-state index contributed by atoms with van der Waals surface area (Å²) in [7, 11) is 0. The van der Waals surface area contributed by atoms with Crippen LogP contribution in [0.25, 0.3) is 0 Å². The lowest BCUT2D eigenvalue weighted by atomic mass is 10.4. The Morgan fingerprint density at radius 2 is 2.50 bits per heavy atom. The van der Waals surface area contributed by atoms with Gasteiger partial charge >= 0.3 is 0 Å². The van der Waals surface area contributed by atoms with Gasteiger partial charge in [-0.15, -0.1) is 5.10 Å². The van der Waals surface area contributed by atoms with E-state index in [4.69, 9.17) is 10.8 Å². The maximum absolute atomic E-state index is 8.71. The molecule has 6 nitrogen and oxygen atoms in total. The Morgan fingerprint density at radius 1 is 1.71 bits per heavy atom. The highest BCUT2D eigenvalue weighted by Crippen LogP contribution is 2.13. The van der Waals surface area contributed by atoms with E-state index in [1.807, 2.05) is 0 Å². The van der Waals surface area contributed by atoms with Crippen molar-refractivity contribution < 1.29 is 5.11 Å². The van der Waals surface area contributed by atoms with Crippen LogP contribution >= 0.6 is 24.0 Å². The van der Waals surface area contributed by atoms with E-state index in [0.29, 0.717) is 17.5 Å². The Labute approximate surface area is 90.9 Å². The molecule has 1 aromatic rings. The van der Waals surface area contributed by atoms with E-state index in [2.05, 4.69) is 33.1 Å². The summed E-state index contributed by atoms with van der Waals surface area (Å²) in [6.07, 6.45) is 0. The molecule has 1 atom stereocenters. The third-order valence-electron chi connectivity index (χ3n) is 1.35. The minimum absolute atomic E-state index is 0.00391. The fourth-order valence-corrected chi connectivity index (χ4v) is 1.71. The lowest BCUT2D eigenvalue weighted by Crippen LogP contribution is -2.23. The van der Waals surface area contributed by atoms with Crippen molar-refractivity contribution in [2.24, 2.45) is 5.73 Å². The van der Waals surface area contributed by atoms with Gasteiger partial charge in [-0.2, -0.15) is 0 Å². The summed E-state index contributed by atoms with van der Waals surface area (Å²) < 4.78 is 1.51. The van der Waals surface area contributed by atoms with Crippen molar-refractivity contribution in [3.05, 3.63) is 0 Å². The number of thiocarbonyl (C=S) groups is 1. The number of aliphatic hydroxyl groups excluding tert-OH is 1. The standard InChI is InChI=1S/C6H10N5OS2/c7-5(3-13)4-14-6-8-9-10-11(6)1-2-12/h5,12H,1-2,4,7H2. The largest absolute Gasteiger partial charge is 0.394 e. The highest BCUT2D eigenvalue weighted by atomic mass is 32.2. The van der Waals surface area contributed by atoms with Gasteiger partial charge in [-0.25, -0.2) is 4.68 Å². The SMILES string of the molecule is NC([C]=S)CSc1nnnn1CCO. The fourth-order valence-electron chi connectivity index (χ4n) is 0.733. The van der Waals surface area contributed by atoms with E-state index in [0.717, 1.165) is 0 Å². The van der Waals surface area contributed by atoms with Crippen LogP contribution in [-0.4, -0.2) is 49.1 Å². The van der Waals surface area contributed by atoms with Crippen LogP contribution in [0.2, 0.25) is 0 Å². The molecule has 8 heteroatoms. The molecule has 1 heterocycles. The lowest BCUT2D eigenvalue weighted by Gasteiger charge is -2.03. The predicted octanol–water partition coefficient (Wildman–Crippen LogP) is -1.04. The normalized spacial score (nSPS) is 12.7. The zero-order valence-corrected chi connectivity index (χ0v) is 8.96. The highest BCUT2D eigenvalue weighted by Gasteiger charge is 2.07. The second-order valence-corrected chi connectivity index (χ2v) is 3.67. The van der Waals surface area contributed by atoms with Crippen LogP contribution < -0.4 is 5.73 Å². The van der Waals surface area contributed by atoms with Crippen molar-refractivity contribution >= 4 is 29.3 Å². The molecule has 0 aromatic carbocycles. The first-order valence-electron chi connectivity index (χ1n) is 3.91. The van der Waals surface area contributed by atoms with Crippen molar-refractivity contribution in [2.45, 2.75) is 17.7 Å². The zero-order chi connectivity index (χ0) is 10.4. The molecule has 1 unspecified atom stereocenters. The Morgan fingerprint density at radius 3 is 3.14 bits per heavy atom. The summed E-state index contributed by atoms with van der Waals surface area (Å²) in [5.74, 6) is 0.579. The van der Waals surface area contributed by atoms with Crippen molar-refractivity contribution in [3.63, 3.8) is 0 Å². The number of hydrogen-bond donors (Lipinski definition) is 2. The smallest absolute Gasteiger partial charge is 0.209 e. The molecule has 14 heavy (non-hydrogen) atoms. The summed E-state index contributed by atoms with van der Waals surface area (Å²) in [6, 6.07) is -0.269. The predicted molar refractivity (Wildman–Crippen MR) is 56.2 cm³/mol. The van der Waals surface area contributed by atoms with Crippen LogP contribution in [-0.2, 0) is 6.54 Å². The Hall–Kier alpha value is -0.570. The molecule has 0 saturated heterocycles. The first kappa shape index (κ1) is 11.5. The van der Waals surface area contributed by atoms with Crippen molar-refractivity contribution in [3.8, 4) is 0 Å². The number of aliphatic hydroxyl groups is 1. The molecule has 0 amide bonds. The number of nitrogens with zero attached hydrogens (tertiary/aromatic N) is 4. The fraction of sp³-hybridized carbons (Fsp3) is 0.667. The zero-order valence-electron chi connectivity index (χ0n) is 7.33. The summed E-state index contributed by atoms with van der Waals surface area (Å²) in [5.41, 5.74) is 5.55. The second-order valence-electron chi connectivity index (χ2n) is 2.44. The first-order chi connectivity index (χ1) is 6.77. The van der Waals surface area contributed by atoms with E-state index in [1.165, 1.54) is 16.4 Å². The number of hydrogen-bond acceptors (Lipinski definition) is 7. The van der Waals surface area contributed by atoms with Gasteiger partial charge in [-0.3, -0.25) is 0 Å². The molecular formula is C6H10N5OS2. The quantitative estimate of drug-likeness (QED) is 0.478. The van der Waals surface area contributed by atoms with Crippen LogP contribution in [0.1, 0.15) is 0 Å². The third kappa shape index (κ3) is 3.29. The minimum Gasteiger partial charge on any atom is -0.394 e. The first-order valence-corrected chi connectivity index (χ1v) is 5.30. The lowest BCUT2D eigenvalue weighted by molar-refractivity contribution is 0.262. The van der Waals surface area contributed by atoms with Gasteiger partial charge in [-0.1, -0.05) is 24.0 Å². The number of aromatic nitrogens is 4. The second kappa shape index (κ2) is 6.02. The van der Waals surface area contributed by atoms with Crippen molar-refractivity contribution in [1.29, 1.82) is 0 Å². The third-order valence-corrected chi connectivity index (χ3v) is 2.73. The van der Waals surface area contributed by atoms with E-state index >= 15 is 0 Å². The molecule has 1 radical (unpaired) electrons. The number of rotatable bonds is 6. The Bertz CT molecular complexity index is 292. The molecule has 1 aromatic heterocycles. The van der Waals surface area contributed by atoms with Crippen molar-refractivity contribution in [1.82, 2.24) is 20.2 Å². The van der Waals surface area contributed by atoms with E-state index in [1.54, 1.807) is 0 Å². The molecule has 0 saturated carbocycles. The number of tetrazole rings is 1. The molecule has 0 fully saturated rings. The van der Waals surface area contributed by atoms with Gasteiger partial charge in [0.1, 0.15) is 0 Å². The van der Waals surface area contributed by atoms with Crippen LogP contribution in [0.4, 0.5) is 0 Å². The molecule has 0 aliphatic heterocycles. The van der Waals surface area contributed by atoms with Crippen molar-refractivity contribution in [2.75, 3.05) is 12.4 Å². The van der Waals surface area contributed by atoms with Crippen LogP contribution in [0.15, 0.2) is 5.16 Å². The number of nitrogens with two attached hydrogens (primary N) is 1. The number of thioether (sulfide) groups is 1. The molecular weight excluding hydrogens is 222 g/mol. The molecule has 3 N–H and O–H groups in total. The monoisotopic (exact) mass is 232 g/mol. The van der Waals surface area contributed by atoms with E-state index in [9.17, 15) is 0 Å². The van der Waals surface area contributed by atoms with Gasteiger partial charge in [-0.05, 0) is 10.4 Å². The Kier molecular flexibility index (Phi) is 4.94. The topological polar surface area (TPSA) is 89.9 Å². The van der Waals surface area contributed by atoms with Gasteiger partial charge in [0.25, 0.3) is 0 Å². The summed E-state index contributed by atoms with van der Waals surface area (Å²) in [4.78, 5) is 0. The molecule has 0 aliphatic rings. The van der Waals surface area contributed by atoms with Crippen LogP contribution in [0, 0.1) is 0 Å². The molecule has 0 spiro atoms. The average Bonchev–Trinajstić information content (AvgIpc) is 2.62. The molecule has 77 valence electrons. The minimum atomic E-state index is -0.269. The molecule has 1 rings (SSSR count). The Balaban J connectivity index is 2.48. The van der Waals surface area contributed by atoms with Crippen LogP contribution in [0.3, 0.4) is 0 Å². The van der Waals surface area contributed by atoms with Gasteiger partial charge in [0.2, 0.25) is 5.16 Å². The van der Waals surface area contributed by atoms with Crippen LogP contribution in [0.5, 0.6) is 0 Å². The summed E-state index contributed by atoms with van der Waals surface area (Å²) in [5, 5.41) is 22.8. The molecule has 0 aliphatic carbocycles. The maximum atomic E-state index is 8.71.